The molecule has 0 radical (unpaired) electrons. The lowest BCUT2D eigenvalue weighted by atomic mass is 9.68. The second-order valence-corrected chi connectivity index (χ2v) is 7.76. The zero-order valence-corrected chi connectivity index (χ0v) is 12.0. The maximum atomic E-state index is 12.1. The summed E-state index contributed by atoms with van der Waals surface area (Å²) in [4.78, 5) is 0. The van der Waals surface area contributed by atoms with Gasteiger partial charge in [0.1, 0.15) is 0 Å². The van der Waals surface area contributed by atoms with Gasteiger partial charge in [0.05, 0.1) is 0 Å². The summed E-state index contributed by atoms with van der Waals surface area (Å²) in [6.07, 6.45) is 3.72. The van der Waals surface area contributed by atoms with E-state index in [0.717, 1.165) is 5.92 Å². The van der Waals surface area contributed by atoms with Crippen molar-refractivity contribution in [1.29, 1.82) is 0 Å². The van der Waals surface area contributed by atoms with E-state index in [1.54, 1.807) is 0 Å². The molecule has 0 aromatic rings. The SMILES string of the molecule is CC1(C)C(NCCSC(F)(F)F)[C@]2(C)CC[C@H]1C2. The minimum Gasteiger partial charge on any atom is -0.312 e. The van der Waals surface area contributed by atoms with Gasteiger partial charge < -0.3 is 5.32 Å². The second kappa shape index (κ2) is 4.58. The van der Waals surface area contributed by atoms with Gasteiger partial charge in [-0.15, -0.1) is 0 Å². The summed E-state index contributed by atoms with van der Waals surface area (Å²) in [5.41, 5.74) is -3.59. The molecule has 2 aliphatic rings. The van der Waals surface area contributed by atoms with E-state index in [2.05, 4.69) is 26.1 Å². The van der Waals surface area contributed by atoms with Crippen molar-refractivity contribution in [3.63, 3.8) is 0 Å². The highest BCUT2D eigenvalue weighted by molar-refractivity contribution is 8.00. The quantitative estimate of drug-likeness (QED) is 0.780. The van der Waals surface area contributed by atoms with Gasteiger partial charge in [-0.2, -0.15) is 13.2 Å². The van der Waals surface area contributed by atoms with E-state index in [1.165, 1.54) is 19.3 Å². The number of halogens is 3. The number of hydrogen-bond acceptors (Lipinski definition) is 2. The molecule has 0 heterocycles. The topological polar surface area (TPSA) is 12.0 Å². The van der Waals surface area contributed by atoms with Gasteiger partial charge >= 0.3 is 5.51 Å². The van der Waals surface area contributed by atoms with Crippen LogP contribution < -0.4 is 5.32 Å². The van der Waals surface area contributed by atoms with Gasteiger partial charge in [-0.05, 0) is 47.8 Å². The Kier molecular flexibility index (Phi) is 3.69. The van der Waals surface area contributed by atoms with Crippen molar-refractivity contribution in [2.45, 2.75) is 51.6 Å². The Hall–Kier alpha value is 0.100. The third kappa shape index (κ3) is 2.67. The van der Waals surface area contributed by atoms with E-state index in [0.29, 0.717) is 12.6 Å². The van der Waals surface area contributed by atoms with Gasteiger partial charge in [0, 0.05) is 18.3 Å². The fourth-order valence-electron chi connectivity index (χ4n) is 4.18. The van der Waals surface area contributed by atoms with Crippen LogP contribution in [-0.2, 0) is 0 Å². The minimum atomic E-state index is -4.10. The Morgan fingerprint density at radius 1 is 1.28 bits per heavy atom. The molecule has 2 aliphatic carbocycles. The molecule has 5 heteroatoms. The molecule has 0 saturated heterocycles. The van der Waals surface area contributed by atoms with Gasteiger partial charge in [0.25, 0.3) is 0 Å². The fourth-order valence-corrected chi connectivity index (χ4v) is 4.63. The summed E-state index contributed by atoms with van der Waals surface area (Å²) in [5.74, 6) is 0.840. The molecule has 106 valence electrons. The van der Waals surface area contributed by atoms with Gasteiger partial charge in [0.15, 0.2) is 0 Å². The van der Waals surface area contributed by atoms with Gasteiger partial charge in [0.2, 0.25) is 0 Å². The summed E-state index contributed by atoms with van der Waals surface area (Å²) >= 11 is 0.0735. The molecule has 0 aromatic carbocycles. The van der Waals surface area contributed by atoms with Crippen LogP contribution >= 0.6 is 11.8 Å². The highest BCUT2D eigenvalue weighted by Crippen LogP contribution is 2.62. The summed E-state index contributed by atoms with van der Waals surface area (Å²) in [6.45, 7) is 7.25. The summed E-state index contributed by atoms with van der Waals surface area (Å²) in [7, 11) is 0. The summed E-state index contributed by atoms with van der Waals surface area (Å²) in [6, 6.07) is 0.359. The lowest BCUT2D eigenvalue weighted by Crippen LogP contribution is -2.50. The van der Waals surface area contributed by atoms with Crippen molar-refractivity contribution in [3.8, 4) is 0 Å². The van der Waals surface area contributed by atoms with Crippen LogP contribution in [0.15, 0.2) is 0 Å². The Morgan fingerprint density at radius 2 is 1.94 bits per heavy atom. The Bertz CT molecular complexity index is 311. The van der Waals surface area contributed by atoms with E-state index < -0.39 is 5.51 Å². The van der Waals surface area contributed by atoms with Crippen LogP contribution in [0.2, 0.25) is 0 Å². The van der Waals surface area contributed by atoms with E-state index in [1.807, 2.05) is 0 Å². The molecular weight excluding hydrogens is 259 g/mol. The van der Waals surface area contributed by atoms with Crippen LogP contribution in [0, 0.1) is 16.7 Å². The summed E-state index contributed by atoms with van der Waals surface area (Å²) in [5, 5.41) is 3.40. The molecule has 18 heavy (non-hydrogen) atoms. The standard InChI is InChI=1S/C13H22F3NS/c1-11(2)9-4-5-12(3,8-9)10(11)17-6-7-18-13(14,15)16/h9-10,17H,4-8H2,1-3H3/t9-,10?,12+/m0/s1. The van der Waals surface area contributed by atoms with Crippen LogP contribution in [0.3, 0.4) is 0 Å². The molecule has 2 saturated carbocycles. The fraction of sp³-hybridized carbons (Fsp3) is 1.00. The van der Waals surface area contributed by atoms with Crippen molar-refractivity contribution in [1.82, 2.24) is 5.32 Å². The van der Waals surface area contributed by atoms with Gasteiger partial charge in [-0.3, -0.25) is 0 Å². The highest BCUT2D eigenvalue weighted by atomic mass is 32.2. The van der Waals surface area contributed by atoms with Crippen molar-refractivity contribution < 1.29 is 13.2 Å². The van der Waals surface area contributed by atoms with Crippen molar-refractivity contribution in [2.75, 3.05) is 12.3 Å². The third-order valence-corrected chi connectivity index (χ3v) is 5.72. The number of nitrogens with one attached hydrogen (secondary N) is 1. The molecule has 0 spiro atoms. The minimum absolute atomic E-state index is 0.0735. The van der Waals surface area contributed by atoms with E-state index >= 15 is 0 Å². The predicted octanol–water partition coefficient (Wildman–Crippen LogP) is 4.04. The first-order chi connectivity index (χ1) is 8.15. The van der Waals surface area contributed by atoms with Crippen molar-refractivity contribution >= 4 is 11.8 Å². The van der Waals surface area contributed by atoms with E-state index in [4.69, 9.17) is 0 Å². The normalized spacial score (nSPS) is 38.3. The molecule has 1 unspecified atom stereocenters. The average Bonchev–Trinajstić information content (AvgIpc) is 2.66. The first-order valence-corrected chi connectivity index (χ1v) is 7.58. The molecule has 2 fully saturated rings. The van der Waals surface area contributed by atoms with E-state index in [-0.39, 0.29) is 28.3 Å². The first kappa shape index (κ1) is 14.5. The second-order valence-electron chi connectivity index (χ2n) is 6.60. The number of thioether (sulfide) groups is 1. The maximum absolute atomic E-state index is 12.1. The predicted molar refractivity (Wildman–Crippen MR) is 69.5 cm³/mol. The molecule has 0 aromatic heterocycles. The van der Waals surface area contributed by atoms with Crippen LogP contribution in [0.1, 0.15) is 40.0 Å². The number of fused-ring (bicyclic) bond motifs is 2. The zero-order valence-electron chi connectivity index (χ0n) is 11.2. The molecule has 2 bridgehead atoms. The molecule has 2 rings (SSSR count). The number of hydrogen-bond donors (Lipinski definition) is 1. The molecule has 1 N–H and O–H groups in total. The Morgan fingerprint density at radius 3 is 2.44 bits per heavy atom. The van der Waals surface area contributed by atoms with Crippen LogP contribution in [0.25, 0.3) is 0 Å². The maximum Gasteiger partial charge on any atom is 0.441 e. The molecule has 1 nitrogen and oxygen atoms in total. The van der Waals surface area contributed by atoms with Crippen LogP contribution in [0.5, 0.6) is 0 Å². The van der Waals surface area contributed by atoms with Gasteiger partial charge in [-0.1, -0.05) is 20.8 Å². The van der Waals surface area contributed by atoms with Crippen molar-refractivity contribution in [2.24, 2.45) is 16.7 Å². The molecule has 3 atom stereocenters. The van der Waals surface area contributed by atoms with E-state index in [9.17, 15) is 13.2 Å². The Balaban J connectivity index is 1.86. The lowest BCUT2D eigenvalue weighted by molar-refractivity contribution is -0.0327. The lowest BCUT2D eigenvalue weighted by Gasteiger charge is -2.43. The number of rotatable bonds is 4. The highest BCUT2D eigenvalue weighted by Gasteiger charge is 2.58. The number of alkyl halides is 3. The summed E-state index contributed by atoms with van der Waals surface area (Å²) < 4.78 is 36.2. The largest absolute Gasteiger partial charge is 0.441 e. The first-order valence-electron chi connectivity index (χ1n) is 6.59. The van der Waals surface area contributed by atoms with Crippen LogP contribution in [0.4, 0.5) is 13.2 Å². The molecule has 0 aliphatic heterocycles. The van der Waals surface area contributed by atoms with Gasteiger partial charge in [-0.25, -0.2) is 0 Å². The molecular formula is C13H22F3NS. The monoisotopic (exact) mass is 281 g/mol. The third-order valence-electron chi connectivity index (χ3n) is 4.99. The van der Waals surface area contributed by atoms with Crippen molar-refractivity contribution in [3.05, 3.63) is 0 Å². The average molecular weight is 281 g/mol. The van der Waals surface area contributed by atoms with Crippen LogP contribution in [-0.4, -0.2) is 23.8 Å². The molecule has 0 amide bonds. The Labute approximate surface area is 111 Å². The zero-order chi connectivity index (χ0) is 13.6. The smallest absolute Gasteiger partial charge is 0.312 e.